The first-order valence-electron chi connectivity index (χ1n) is 6.26. The second-order valence-corrected chi connectivity index (χ2v) is 6.97. The van der Waals surface area contributed by atoms with Crippen LogP contribution in [0, 0.1) is 0 Å². The molecule has 2 heterocycles. The molecule has 3 rings (SSSR count). The molecule has 2 aromatic heterocycles. The monoisotopic (exact) mass is 296 g/mol. The second kappa shape index (κ2) is 4.90. The molecule has 2 aromatic rings. The maximum atomic E-state index is 9.66. The van der Waals surface area contributed by atoms with E-state index in [1.165, 1.54) is 0 Å². The van der Waals surface area contributed by atoms with Crippen LogP contribution in [0.5, 0.6) is 0 Å². The van der Waals surface area contributed by atoms with Crippen LogP contribution >= 0.6 is 23.1 Å². The summed E-state index contributed by atoms with van der Waals surface area (Å²) in [6.45, 7) is 2.88. The minimum absolute atomic E-state index is 0.257. The second-order valence-electron chi connectivity index (χ2n) is 4.64. The number of hydrogen-bond donors (Lipinski definition) is 2. The summed E-state index contributed by atoms with van der Waals surface area (Å²) < 4.78 is 1.83. The Bertz CT molecular complexity index is 560. The number of hydrogen-bond acceptors (Lipinski definition) is 6. The van der Waals surface area contributed by atoms with Gasteiger partial charge in [0.25, 0.3) is 0 Å². The van der Waals surface area contributed by atoms with E-state index in [0.29, 0.717) is 0 Å². The molecule has 0 amide bonds. The van der Waals surface area contributed by atoms with E-state index in [-0.39, 0.29) is 4.75 Å². The summed E-state index contributed by atoms with van der Waals surface area (Å²) in [7, 11) is 0. The van der Waals surface area contributed by atoms with Crippen LogP contribution in [0.15, 0.2) is 22.7 Å². The Labute approximate surface area is 119 Å². The van der Waals surface area contributed by atoms with Gasteiger partial charge in [0.1, 0.15) is 6.23 Å². The van der Waals surface area contributed by atoms with Gasteiger partial charge in [-0.2, -0.15) is 0 Å². The standard InChI is InChI=1S/C12H16N4OS2/c1-2-16-9(8-4-3-7-18-8)14-15-11(16)19-12(5-6-12)10(13)17/h3-4,7,10,17H,2,5-6,13H2,1H3. The third-order valence-corrected chi connectivity index (χ3v) is 5.76. The van der Waals surface area contributed by atoms with E-state index in [9.17, 15) is 5.11 Å². The molecule has 1 aliphatic carbocycles. The van der Waals surface area contributed by atoms with Gasteiger partial charge in [-0.1, -0.05) is 17.8 Å². The van der Waals surface area contributed by atoms with E-state index in [2.05, 4.69) is 21.7 Å². The van der Waals surface area contributed by atoms with Gasteiger partial charge in [0, 0.05) is 6.54 Å². The molecule has 1 saturated carbocycles. The van der Waals surface area contributed by atoms with Crippen molar-refractivity contribution in [1.29, 1.82) is 0 Å². The van der Waals surface area contributed by atoms with Crippen molar-refractivity contribution in [1.82, 2.24) is 14.8 Å². The first kappa shape index (κ1) is 13.1. The molecule has 0 radical (unpaired) electrons. The lowest BCUT2D eigenvalue weighted by Gasteiger charge is -2.17. The predicted molar refractivity (Wildman–Crippen MR) is 77.0 cm³/mol. The van der Waals surface area contributed by atoms with E-state index in [0.717, 1.165) is 35.2 Å². The highest BCUT2D eigenvalue weighted by Crippen LogP contribution is 2.52. The van der Waals surface area contributed by atoms with Crippen molar-refractivity contribution in [3.63, 3.8) is 0 Å². The third-order valence-electron chi connectivity index (χ3n) is 3.35. The zero-order valence-corrected chi connectivity index (χ0v) is 12.2. The van der Waals surface area contributed by atoms with Crippen LogP contribution in [0.2, 0.25) is 0 Å². The highest BCUT2D eigenvalue weighted by Gasteiger charge is 2.50. The van der Waals surface area contributed by atoms with Crippen LogP contribution in [-0.2, 0) is 6.54 Å². The fourth-order valence-corrected chi connectivity index (χ4v) is 3.92. The first-order chi connectivity index (χ1) is 9.16. The molecule has 1 atom stereocenters. The molecule has 7 heteroatoms. The number of aliphatic hydroxyl groups excluding tert-OH is 1. The van der Waals surface area contributed by atoms with Gasteiger partial charge in [0.05, 0.1) is 9.62 Å². The zero-order chi connectivity index (χ0) is 13.5. The summed E-state index contributed by atoms with van der Waals surface area (Å²) in [4.78, 5) is 1.11. The Balaban J connectivity index is 1.91. The fraction of sp³-hybridized carbons (Fsp3) is 0.500. The SMILES string of the molecule is CCn1c(SC2(C(N)O)CC2)nnc1-c1cccs1. The average molecular weight is 296 g/mol. The molecule has 0 aromatic carbocycles. The highest BCUT2D eigenvalue weighted by atomic mass is 32.2. The van der Waals surface area contributed by atoms with Gasteiger partial charge in [-0.3, -0.25) is 0 Å². The lowest BCUT2D eigenvalue weighted by atomic mass is 10.4. The average Bonchev–Trinajstić information content (AvgIpc) is 2.84. The molecule has 19 heavy (non-hydrogen) atoms. The number of thiophene rings is 1. The molecule has 0 spiro atoms. The molecule has 1 fully saturated rings. The molecule has 1 unspecified atom stereocenters. The number of thioether (sulfide) groups is 1. The minimum Gasteiger partial charge on any atom is -0.377 e. The Hall–Kier alpha value is -0.890. The molecule has 102 valence electrons. The number of nitrogens with zero attached hydrogens (tertiary/aromatic N) is 3. The summed E-state index contributed by atoms with van der Waals surface area (Å²) in [5, 5.41) is 21.1. The topological polar surface area (TPSA) is 77.0 Å². The maximum Gasteiger partial charge on any atom is 0.192 e. The van der Waals surface area contributed by atoms with Crippen molar-refractivity contribution in [2.45, 2.75) is 42.4 Å². The molecule has 1 aliphatic rings. The molecule has 0 bridgehead atoms. The quantitative estimate of drug-likeness (QED) is 0.824. The summed E-state index contributed by atoms with van der Waals surface area (Å²) in [5.74, 6) is 0.891. The van der Waals surface area contributed by atoms with Gasteiger partial charge in [0.15, 0.2) is 11.0 Å². The smallest absolute Gasteiger partial charge is 0.192 e. The Morgan fingerprint density at radius 2 is 2.37 bits per heavy atom. The summed E-state index contributed by atoms with van der Waals surface area (Å²) >= 11 is 3.21. The zero-order valence-electron chi connectivity index (χ0n) is 10.6. The van der Waals surface area contributed by atoms with Crippen LogP contribution in [-0.4, -0.2) is 30.8 Å². The lowest BCUT2D eigenvalue weighted by molar-refractivity contribution is 0.171. The molecule has 0 aliphatic heterocycles. The van der Waals surface area contributed by atoms with E-state index in [1.54, 1.807) is 23.1 Å². The lowest BCUT2D eigenvalue weighted by Crippen LogP contribution is -2.33. The highest BCUT2D eigenvalue weighted by molar-refractivity contribution is 8.00. The van der Waals surface area contributed by atoms with Crippen LogP contribution in [0.25, 0.3) is 10.7 Å². The van der Waals surface area contributed by atoms with Crippen molar-refractivity contribution in [3.8, 4) is 10.7 Å². The van der Waals surface area contributed by atoms with Crippen LogP contribution in [0.3, 0.4) is 0 Å². The van der Waals surface area contributed by atoms with Gasteiger partial charge in [-0.15, -0.1) is 21.5 Å². The van der Waals surface area contributed by atoms with Gasteiger partial charge in [-0.05, 0) is 31.2 Å². The maximum absolute atomic E-state index is 9.66. The Kier molecular flexibility index (Phi) is 3.38. The molecule has 5 nitrogen and oxygen atoms in total. The van der Waals surface area contributed by atoms with Crippen molar-refractivity contribution < 1.29 is 5.11 Å². The molecular weight excluding hydrogens is 280 g/mol. The van der Waals surface area contributed by atoms with Gasteiger partial charge >= 0.3 is 0 Å². The number of nitrogens with two attached hydrogens (primary N) is 1. The molecule has 0 saturated heterocycles. The summed E-state index contributed by atoms with van der Waals surface area (Å²) in [6, 6.07) is 4.05. The predicted octanol–water partition coefficient (Wildman–Crippen LogP) is 1.93. The number of rotatable bonds is 5. The summed E-state index contributed by atoms with van der Waals surface area (Å²) in [5.41, 5.74) is 5.65. The fourth-order valence-electron chi connectivity index (χ4n) is 2.00. The van der Waals surface area contributed by atoms with Crippen molar-refractivity contribution >= 4 is 23.1 Å². The van der Waals surface area contributed by atoms with Gasteiger partial charge in [0.2, 0.25) is 0 Å². The van der Waals surface area contributed by atoms with E-state index >= 15 is 0 Å². The minimum atomic E-state index is -0.801. The molecule has 3 N–H and O–H groups in total. The summed E-state index contributed by atoms with van der Waals surface area (Å²) in [6.07, 6.45) is 1.06. The van der Waals surface area contributed by atoms with Gasteiger partial charge < -0.3 is 15.4 Å². The van der Waals surface area contributed by atoms with Crippen LogP contribution < -0.4 is 5.73 Å². The molecular formula is C12H16N4OS2. The van der Waals surface area contributed by atoms with Crippen molar-refractivity contribution in [2.75, 3.05) is 0 Å². The third kappa shape index (κ3) is 2.31. The van der Waals surface area contributed by atoms with Crippen molar-refractivity contribution in [3.05, 3.63) is 17.5 Å². The van der Waals surface area contributed by atoms with Crippen LogP contribution in [0.4, 0.5) is 0 Å². The number of aromatic nitrogens is 3. The normalized spacial score (nSPS) is 18.5. The van der Waals surface area contributed by atoms with E-state index < -0.39 is 6.23 Å². The van der Waals surface area contributed by atoms with E-state index in [1.807, 2.05) is 17.5 Å². The van der Waals surface area contributed by atoms with E-state index in [4.69, 9.17) is 5.73 Å². The largest absolute Gasteiger partial charge is 0.377 e. The van der Waals surface area contributed by atoms with Gasteiger partial charge in [-0.25, -0.2) is 0 Å². The van der Waals surface area contributed by atoms with Crippen molar-refractivity contribution in [2.24, 2.45) is 5.73 Å². The number of aliphatic hydroxyl groups is 1. The Morgan fingerprint density at radius 1 is 1.58 bits per heavy atom. The first-order valence-corrected chi connectivity index (χ1v) is 7.95. The van der Waals surface area contributed by atoms with Crippen LogP contribution in [0.1, 0.15) is 19.8 Å². The Morgan fingerprint density at radius 3 is 2.89 bits per heavy atom.